The molecule has 1 aliphatic heterocycles. The molecule has 1 unspecified atom stereocenters. The molecule has 0 amide bonds. The number of pyridine rings is 1. The van der Waals surface area contributed by atoms with Gasteiger partial charge in [-0.05, 0) is 36.7 Å². The highest BCUT2D eigenvalue weighted by Gasteiger charge is 2.28. The second-order valence-electron chi connectivity index (χ2n) is 5.34. The van der Waals surface area contributed by atoms with Gasteiger partial charge in [0.15, 0.2) is 11.6 Å². The fraction of sp³-hybridized carbons (Fsp3) is 0.353. The number of fused-ring (bicyclic) bond motifs is 1. The summed E-state index contributed by atoms with van der Waals surface area (Å²) < 4.78 is 5.49. The first-order valence-electron chi connectivity index (χ1n) is 7.30. The van der Waals surface area contributed by atoms with Crippen LogP contribution in [-0.2, 0) is 13.0 Å². The van der Waals surface area contributed by atoms with Crippen molar-refractivity contribution in [2.45, 2.75) is 19.0 Å². The third-order valence-electron chi connectivity index (χ3n) is 4.04. The van der Waals surface area contributed by atoms with Crippen LogP contribution >= 0.6 is 0 Å². The van der Waals surface area contributed by atoms with Gasteiger partial charge >= 0.3 is 0 Å². The van der Waals surface area contributed by atoms with E-state index in [0.29, 0.717) is 6.04 Å². The molecule has 1 atom stereocenters. The number of hydrogen-bond donors (Lipinski definition) is 1. The summed E-state index contributed by atoms with van der Waals surface area (Å²) in [6, 6.07) is 12.9. The van der Waals surface area contributed by atoms with Gasteiger partial charge in [-0.25, -0.2) is 4.98 Å². The number of ether oxygens (including phenoxy) is 1. The van der Waals surface area contributed by atoms with Crippen molar-refractivity contribution in [3.63, 3.8) is 0 Å². The molecule has 0 aliphatic carbocycles. The maximum Gasteiger partial charge on any atom is 0.171 e. The van der Waals surface area contributed by atoms with Gasteiger partial charge in [-0.15, -0.1) is 0 Å². The Kier molecular flexibility index (Phi) is 4.06. The van der Waals surface area contributed by atoms with Crippen molar-refractivity contribution in [1.82, 2.24) is 10.3 Å². The van der Waals surface area contributed by atoms with Gasteiger partial charge in [-0.3, -0.25) is 0 Å². The quantitative estimate of drug-likeness (QED) is 0.934. The van der Waals surface area contributed by atoms with Crippen LogP contribution < -0.4 is 15.0 Å². The van der Waals surface area contributed by atoms with Crippen LogP contribution in [0.1, 0.15) is 11.1 Å². The van der Waals surface area contributed by atoms with Gasteiger partial charge in [-0.2, -0.15) is 0 Å². The van der Waals surface area contributed by atoms with Crippen molar-refractivity contribution in [1.29, 1.82) is 0 Å². The maximum absolute atomic E-state index is 5.49. The monoisotopic (exact) mass is 283 g/mol. The van der Waals surface area contributed by atoms with Crippen molar-refractivity contribution in [3.05, 3.63) is 53.7 Å². The third-order valence-corrected chi connectivity index (χ3v) is 4.04. The summed E-state index contributed by atoms with van der Waals surface area (Å²) >= 11 is 0. The second-order valence-corrected chi connectivity index (χ2v) is 5.34. The zero-order valence-corrected chi connectivity index (χ0v) is 12.5. The molecule has 110 valence electrons. The number of aromatic nitrogens is 1. The molecule has 0 saturated carbocycles. The number of nitrogens with one attached hydrogen (secondary N) is 1. The highest BCUT2D eigenvalue weighted by Crippen LogP contribution is 2.32. The highest BCUT2D eigenvalue weighted by molar-refractivity contribution is 5.55. The molecule has 4 nitrogen and oxygen atoms in total. The molecule has 4 heteroatoms. The van der Waals surface area contributed by atoms with E-state index >= 15 is 0 Å². The van der Waals surface area contributed by atoms with Crippen molar-refractivity contribution in [3.8, 4) is 5.75 Å². The summed E-state index contributed by atoms with van der Waals surface area (Å²) in [4.78, 5) is 6.90. The summed E-state index contributed by atoms with van der Waals surface area (Å²) in [6.07, 6.45) is 2.85. The second kappa shape index (κ2) is 6.14. The molecule has 1 N–H and O–H groups in total. The van der Waals surface area contributed by atoms with E-state index in [4.69, 9.17) is 4.74 Å². The predicted molar refractivity (Wildman–Crippen MR) is 84.8 cm³/mol. The Hall–Kier alpha value is -2.07. The lowest BCUT2D eigenvalue weighted by atomic mass is 9.94. The molecule has 1 aromatic heterocycles. The van der Waals surface area contributed by atoms with Crippen LogP contribution in [0.25, 0.3) is 0 Å². The SMILES string of the molecule is CNCC1Cc2ccccc2CN1c1ncccc1OC. The highest BCUT2D eigenvalue weighted by atomic mass is 16.5. The van der Waals surface area contributed by atoms with E-state index in [-0.39, 0.29) is 0 Å². The summed E-state index contributed by atoms with van der Waals surface area (Å²) in [5.41, 5.74) is 2.81. The van der Waals surface area contributed by atoms with Crippen LogP contribution in [0.15, 0.2) is 42.6 Å². The molecule has 1 aliphatic rings. The number of rotatable bonds is 4. The average Bonchev–Trinajstić information content (AvgIpc) is 2.54. The Morgan fingerprint density at radius 2 is 2.05 bits per heavy atom. The van der Waals surface area contributed by atoms with Crippen molar-refractivity contribution in [2.24, 2.45) is 0 Å². The van der Waals surface area contributed by atoms with Crippen molar-refractivity contribution >= 4 is 5.82 Å². The van der Waals surface area contributed by atoms with Gasteiger partial charge in [0.2, 0.25) is 0 Å². The zero-order chi connectivity index (χ0) is 14.7. The van der Waals surface area contributed by atoms with Crippen molar-refractivity contribution in [2.75, 3.05) is 25.6 Å². The third kappa shape index (κ3) is 2.72. The minimum atomic E-state index is 0.383. The summed E-state index contributed by atoms with van der Waals surface area (Å²) in [5, 5.41) is 3.30. The fourth-order valence-electron chi connectivity index (χ4n) is 3.01. The summed E-state index contributed by atoms with van der Waals surface area (Å²) in [7, 11) is 3.69. The molecule has 0 spiro atoms. The smallest absolute Gasteiger partial charge is 0.171 e. The van der Waals surface area contributed by atoms with E-state index in [9.17, 15) is 0 Å². The lowest BCUT2D eigenvalue weighted by Gasteiger charge is -2.38. The first-order valence-corrected chi connectivity index (χ1v) is 7.30. The Labute approximate surface area is 125 Å². The Morgan fingerprint density at radius 3 is 2.81 bits per heavy atom. The van der Waals surface area contributed by atoms with E-state index in [1.165, 1.54) is 11.1 Å². The minimum absolute atomic E-state index is 0.383. The molecule has 1 aromatic carbocycles. The van der Waals surface area contributed by atoms with Crippen LogP contribution in [0.2, 0.25) is 0 Å². The Balaban J connectivity index is 1.99. The fourth-order valence-corrected chi connectivity index (χ4v) is 3.01. The van der Waals surface area contributed by atoms with Crippen LogP contribution in [0, 0.1) is 0 Å². The number of anilines is 1. The van der Waals surface area contributed by atoms with Crippen molar-refractivity contribution < 1.29 is 4.74 Å². The van der Waals surface area contributed by atoms with Gasteiger partial charge in [0.25, 0.3) is 0 Å². The van der Waals surface area contributed by atoms with Gasteiger partial charge in [0.05, 0.1) is 7.11 Å². The zero-order valence-electron chi connectivity index (χ0n) is 12.5. The first-order chi connectivity index (χ1) is 10.3. The summed E-state index contributed by atoms with van der Waals surface area (Å²) in [6.45, 7) is 1.80. The Morgan fingerprint density at radius 1 is 1.24 bits per heavy atom. The topological polar surface area (TPSA) is 37.4 Å². The molecule has 0 bridgehead atoms. The van der Waals surface area contributed by atoms with Gasteiger partial charge in [0.1, 0.15) is 0 Å². The minimum Gasteiger partial charge on any atom is -0.493 e. The van der Waals surface area contributed by atoms with Crippen LogP contribution in [0.4, 0.5) is 5.82 Å². The van der Waals surface area contributed by atoms with E-state index in [0.717, 1.165) is 31.1 Å². The number of likely N-dealkylation sites (N-methyl/N-ethyl adjacent to an activating group) is 1. The number of nitrogens with zero attached hydrogens (tertiary/aromatic N) is 2. The number of benzene rings is 1. The molecule has 0 radical (unpaired) electrons. The van der Waals surface area contributed by atoms with Gasteiger partial charge in [-0.1, -0.05) is 24.3 Å². The largest absolute Gasteiger partial charge is 0.493 e. The van der Waals surface area contributed by atoms with Gasteiger partial charge < -0.3 is 15.0 Å². The molecular weight excluding hydrogens is 262 g/mol. The van der Waals surface area contributed by atoms with E-state index in [1.54, 1.807) is 7.11 Å². The van der Waals surface area contributed by atoms with Crippen LogP contribution in [0.3, 0.4) is 0 Å². The van der Waals surface area contributed by atoms with E-state index < -0.39 is 0 Å². The van der Waals surface area contributed by atoms with Crippen LogP contribution in [0.5, 0.6) is 5.75 Å². The maximum atomic E-state index is 5.49. The standard InChI is InChI=1S/C17H21N3O/c1-18-11-15-10-13-6-3-4-7-14(13)12-20(15)17-16(21-2)8-5-9-19-17/h3-9,15,18H,10-12H2,1-2H3. The van der Waals surface area contributed by atoms with Gasteiger partial charge in [0, 0.05) is 25.3 Å². The summed E-state index contributed by atoms with van der Waals surface area (Å²) in [5.74, 6) is 1.76. The van der Waals surface area contributed by atoms with E-state index in [2.05, 4.69) is 39.5 Å². The van der Waals surface area contributed by atoms with E-state index in [1.807, 2.05) is 25.4 Å². The molecule has 2 heterocycles. The Bertz CT molecular complexity index is 614. The average molecular weight is 283 g/mol. The molecule has 3 rings (SSSR count). The normalized spacial score (nSPS) is 17.4. The predicted octanol–water partition coefficient (Wildman–Crippen LogP) is 2.24. The lowest BCUT2D eigenvalue weighted by Crippen LogP contribution is -2.46. The molecule has 21 heavy (non-hydrogen) atoms. The molecule has 0 saturated heterocycles. The number of methoxy groups -OCH3 is 1. The lowest BCUT2D eigenvalue weighted by molar-refractivity contribution is 0.407. The molecular formula is C17H21N3O. The number of hydrogen-bond acceptors (Lipinski definition) is 4. The molecule has 0 fully saturated rings. The van der Waals surface area contributed by atoms with Crippen LogP contribution in [-0.4, -0.2) is 31.7 Å². The first kappa shape index (κ1) is 13.9. The molecule has 2 aromatic rings.